The molecule has 0 radical (unpaired) electrons. The van der Waals surface area contributed by atoms with Gasteiger partial charge in [-0.2, -0.15) is 0 Å². The Morgan fingerprint density at radius 3 is 2.73 bits per heavy atom. The van der Waals surface area contributed by atoms with Gasteiger partial charge in [-0.1, -0.05) is 30.3 Å². The molecule has 210 valence electrons. The van der Waals surface area contributed by atoms with Gasteiger partial charge in [0.1, 0.15) is 0 Å². The van der Waals surface area contributed by atoms with Crippen molar-refractivity contribution >= 4 is 45.7 Å². The summed E-state index contributed by atoms with van der Waals surface area (Å²) >= 11 is 1.32. The first-order chi connectivity index (χ1) is 19.9. The third kappa shape index (κ3) is 6.07. The van der Waals surface area contributed by atoms with Crippen LogP contribution in [0.3, 0.4) is 0 Å². The molecule has 3 aromatic heterocycles. The number of hydrogen-bond acceptors (Lipinski definition) is 9. The number of likely N-dealkylation sites (tertiary alicyclic amines) is 1. The lowest BCUT2D eigenvalue weighted by Gasteiger charge is -2.17. The smallest absolute Gasteiger partial charge is 0.268 e. The fourth-order valence-electron chi connectivity index (χ4n) is 4.96. The first kappa shape index (κ1) is 26.9. The standard InChI is InChI=1S/C30H30N6O4S/c1-19-31-17-26(40-19)27-9-10-28(41-27)29(39)34-30-33-23-15-21(32-16-25(38)20-5-3-2-4-6-20)7-8-24(23)36(30)14-13-35-12-11-22(37)18-35/h2-10,15,17,22,32,37H,11-14,16,18H2,1H3,(H,33,34,39). The minimum absolute atomic E-state index is 0.00668. The number of carbonyl (C=O) groups is 2. The lowest BCUT2D eigenvalue weighted by molar-refractivity contribution is 0.100. The number of hydrogen-bond donors (Lipinski definition) is 3. The summed E-state index contributed by atoms with van der Waals surface area (Å²) in [6, 6.07) is 18.5. The van der Waals surface area contributed by atoms with Gasteiger partial charge in [-0.3, -0.25) is 19.8 Å². The molecular formula is C30H30N6O4S. The molecule has 1 aliphatic rings. The third-order valence-corrected chi connectivity index (χ3v) is 8.20. The van der Waals surface area contributed by atoms with Crippen LogP contribution in [0, 0.1) is 6.92 Å². The topological polar surface area (TPSA) is 126 Å². The summed E-state index contributed by atoms with van der Waals surface area (Å²) < 4.78 is 7.59. The fourth-order valence-corrected chi connectivity index (χ4v) is 5.81. The predicted octanol–water partition coefficient (Wildman–Crippen LogP) is 4.67. The number of oxazole rings is 1. The molecule has 0 aliphatic carbocycles. The van der Waals surface area contributed by atoms with E-state index in [1.807, 2.05) is 47.0 Å². The van der Waals surface area contributed by atoms with E-state index in [-0.39, 0.29) is 24.3 Å². The van der Waals surface area contributed by atoms with Crippen molar-refractivity contribution in [3.05, 3.63) is 83.2 Å². The molecule has 11 heteroatoms. The summed E-state index contributed by atoms with van der Waals surface area (Å²) in [6.45, 7) is 4.70. The SMILES string of the molecule is Cc1ncc(-c2ccc(C(=O)Nc3nc4cc(NCC(=O)c5ccccc5)ccc4n3CCN3CCC(O)C3)s2)o1. The highest BCUT2D eigenvalue weighted by atomic mass is 32.1. The number of rotatable bonds is 10. The number of benzene rings is 2. The number of ketones is 1. The summed E-state index contributed by atoms with van der Waals surface area (Å²) in [4.78, 5) is 38.3. The molecule has 0 spiro atoms. The van der Waals surface area contributed by atoms with Crippen molar-refractivity contribution in [2.24, 2.45) is 0 Å². The number of anilines is 2. The summed E-state index contributed by atoms with van der Waals surface area (Å²) in [5, 5.41) is 16.1. The maximum absolute atomic E-state index is 13.3. The van der Waals surface area contributed by atoms with Gasteiger partial charge in [0.25, 0.3) is 5.91 Å². The first-order valence-corrected chi connectivity index (χ1v) is 14.3. The van der Waals surface area contributed by atoms with Crippen molar-refractivity contribution < 1.29 is 19.1 Å². The molecule has 1 fully saturated rings. The van der Waals surface area contributed by atoms with E-state index >= 15 is 0 Å². The number of amides is 1. The van der Waals surface area contributed by atoms with E-state index in [0.29, 0.717) is 53.2 Å². The Labute approximate surface area is 240 Å². The number of nitrogens with zero attached hydrogens (tertiary/aromatic N) is 4. The van der Waals surface area contributed by atoms with Gasteiger partial charge < -0.3 is 19.4 Å². The zero-order chi connectivity index (χ0) is 28.3. The van der Waals surface area contributed by atoms with E-state index in [1.165, 1.54) is 11.3 Å². The van der Waals surface area contributed by atoms with Crippen molar-refractivity contribution in [1.29, 1.82) is 0 Å². The van der Waals surface area contributed by atoms with Crippen LogP contribution in [0.5, 0.6) is 0 Å². The minimum atomic E-state index is -0.304. The van der Waals surface area contributed by atoms with Gasteiger partial charge in [0.2, 0.25) is 5.95 Å². The number of β-amino-alcohol motifs (C(OH)–C–C–N with tert-alkyl or cyclic N) is 1. The first-order valence-electron chi connectivity index (χ1n) is 13.5. The molecule has 1 unspecified atom stereocenters. The third-order valence-electron chi connectivity index (χ3n) is 7.10. The zero-order valence-corrected chi connectivity index (χ0v) is 23.4. The molecule has 0 bridgehead atoms. The monoisotopic (exact) mass is 570 g/mol. The van der Waals surface area contributed by atoms with E-state index in [2.05, 4.69) is 20.5 Å². The Bertz CT molecular complexity index is 1690. The van der Waals surface area contributed by atoms with Crippen molar-refractivity contribution in [3.8, 4) is 10.6 Å². The van der Waals surface area contributed by atoms with Crippen LogP contribution < -0.4 is 10.6 Å². The van der Waals surface area contributed by atoms with Crippen molar-refractivity contribution in [2.75, 3.05) is 36.8 Å². The molecule has 10 nitrogen and oxygen atoms in total. The number of aryl methyl sites for hydroxylation is 1. The number of aliphatic hydroxyl groups is 1. The molecule has 1 saturated heterocycles. The Morgan fingerprint density at radius 1 is 1.12 bits per heavy atom. The number of Topliss-reactive ketones (excluding diaryl/α,β-unsaturated/α-hetero) is 1. The summed E-state index contributed by atoms with van der Waals surface area (Å²) in [5.74, 6) is 1.35. The zero-order valence-electron chi connectivity index (χ0n) is 22.5. The van der Waals surface area contributed by atoms with E-state index < -0.39 is 0 Å². The van der Waals surface area contributed by atoms with Crippen LogP contribution in [0.15, 0.2) is 71.3 Å². The molecule has 0 saturated carbocycles. The molecule has 1 aliphatic heterocycles. The number of imidazole rings is 1. The Morgan fingerprint density at radius 2 is 1.98 bits per heavy atom. The van der Waals surface area contributed by atoms with E-state index in [0.717, 1.165) is 29.0 Å². The molecule has 3 N–H and O–H groups in total. The average Bonchev–Trinajstić information content (AvgIpc) is 3.78. The van der Waals surface area contributed by atoms with Crippen LogP contribution in [0.4, 0.5) is 11.6 Å². The molecule has 2 aromatic carbocycles. The molecule has 41 heavy (non-hydrogen) atoms. The molecular weight excluding hydrogens is 540 g/mol. The van der Waals surface area contributed by atoms with Crippen molar-refractivity contribution in [2.45, 2.75) is 26.0 Å². The summed E-state index contributed by atoms with van der Waals surface area (Å²) in [6.07, 6.45) is 2.11. The van der Waals surface area contributed by atoms with Gasteiger partial charge in [0.05, 0.1) is 39.6 Å². The van der Waals surface area contributed by atoms with Gasteiger partial charge in [-0.25, -0.2) is 9.97 Å². The van der Waals surface area contributed by atoms with Gasteiger partial charge in [-0.05, 0) is 36.8 Å². The molecule has 6 rings (SSSR count). The molecule has 1 amide bonds. The molecule has 4 heterocycles. The van der Waals surface area contributed by atoms with Crippen molar-refractivity contribution in [1.82, 2.24) is 19.4 Å². The summed E-state index contributed by atoms with van der Waals surface area (Å²) in [7, 11) is 0. The van der Waals surface area contributed by atoms with Crippen LogP contribution in [0.2, 0.25) is 0 Å². The van der Waals surface area contributed by atoms with Crippen LogP contribution in [0.25, 0.3) is 21.7 Å². The number of thiophene rings is 1. The average molecular weight is 571 g/mol. The lowest BCUT2D eigenvalue weighted by Crippen LogP contribution is -2.27. The number of aromatic nitrogens is 3. The lowest BCUT2D eigenvalue weighted by atomic mass is 10.1. The Balaban J connectivity index is 1.23. The van der Waals surface area contributed by atoms with Crippen LogP contribution in [0.1, 0.15) is 32.3 Å². The van der Waals surface area contributed by atoms with Gasteiger partial charge in [0.15, 0.2) is 17.4 Å². The predicted molar refractivity (Wildman–Crippen MR) is 159 cm³/mol. The quantitative estimate of drug-likeness (QED) is 0.207. The van der Waals surface area contributed by atoms with Gasteiger partial charge >= 0.3 is 0 Å². The Kier molecular flexibility index (Phi) is 7.64. The normalized spacial score (nSPS) is 15.4. The number of nitrogens with one attached hydrogen (secondary N) is 2. The van der Waals surface area contributed by atoms with E-state index in [1.54, 1.807) is 31.3 Å². The van der Waals surface area contributed by atoms with E-state index in [9.17, 15) is 14.7 Å². The number of fused-ring (bicyclic) bond motifs is 1. The van der Waals surface area contributed by atoms with Crippen molar-refractivity contribution in [3.63, 3.8) is 0 Å². The highest BCUT2D eigenvalue weighted by Gasteiger charge is 2.22. The molecule has 5 aromatic rings. The van der Waals surface area contributed by atoms with Crippen LogP contribution in [-0.4, -0.2) is 68.5 Å². The van der Waals surface area contributed by atoms with Crippen LogP contribution >= 0.6 is 11.3 Å². The second kappa shape index (κ2) is 11.7. The second-order valence-corrected chi connectivity index (χ2v) is 11.1. The minimum Gasteiger partial charge on any atom is -0.440 e. The maximum atomic E-state index is 13.3. The second-order valence-electron chi connectivity index (χ2n) is 10.0. The van der Waals surface area contributed by atoms with E-state index in [4.69, 9.17) is 9.40 Å². The largest absolute Gasteiger partial charge is 0.440 e. The van der Waals surface area contributed by atoms with Gasteiger partial charge in [-0.15, -0.1) is 11.3 Å². The maximum Gasteiger partial charge on any atom is 0.268 e. The fraction of sp³-hybridized carbons (Fsp3) is 0.267. The number of aliphatic hydroxyl groups excluding tert-OH is 1. The Hall–Kier alpha value is -4.32. The highest BCUT2D eigenvalue weighted by Crippen LogP contribution is 2.30. The highest BCUT2D eigenvalue weighted by molar-refractivity contribution is 7.17. The summed E-state index contributed by atoms with van der Waals surface area (Å²) in [5.41, 5.74) is 2.97. The number of carbonyl (C=O) groups excluding carboxylic acids is 2. The van der Waals surface area contributed by atoms with Crippen LogP contribution in [-0.2, 0) is 6.54 Å². The molecule has 1 atom stereocenters. The van der Waals surface area contributed by atoms with Gasteiger partial charge in [0, 0.05) is 44.4 Å².